The monoisotopic (exact) mass is 276 g/mol. The van der Waals surface area contributed by atoms with Crippen molar-refractivity contribution >= 4 is 17.8 Å². The number of rotatable bonds is 6. The van der Waals surface area contributed by atoms with Crippen LogP contribution in [0.2, 0.25) is 0 Å². The van der Waals surface area contributed by atoms with Crippen molar-refractivity contribution in [2.24, 2.45) is 7.05 Å². The lowest BCUT2D eigenvalue weighted by atomic mass is 10.4. The van der Waals surface area contributed by atoms with Crippen LogP contribution in [-0.4, -0.2) is 37.8 Å². The van der Waals surface area contributed by atoms with Gasteiger partial charge in [-0.25, -0.2) is 0 Å². The second kappa shape index (κ2) is 6.18. The molecule has 2 aromatic heterocycles. The number of nitrogens with two attached hydrogens (primary N) is 1. The van der Waals surface area contributed by atoms with Crippen molar-refractivity contribution < 1.29 is 0 Å². The number of aromatic nitrogens is 5. The van der Waals surface area contributed by atoms with Crippen LogP contribution in [0.4, 0.5) is 17.8 Å². The van der Waals surface area contributed by atoms with Crippen molar-refractivity contribution in [3.8, 4) is 0 Å². The van der Waals surface area contributed by atoms with Gasteiger partial charge in [-0.1, -0.05) is 0 Å². The molecular weight excluding hydrogens is 256 g/mol. The molecule has 0 amide bonds. The van der Waals surface area contributed by atoms with E-state index in [2.05, 4.69) is 25.4 Å². The third kappa shape index (κ3) is 3.34. The van der Waals surface area contributed by atoms with Crippen molar-refractivity contribution in [3.05, 3.63) is 18.0 Å². The largest absolute Gasteiger partial charge is 0.368 e. The fourth-order valence-corrected chi connectivity index (χ4v) is 1.83. The van der Waals surface area contributed by atoms with Gasteiger partial charge in [-0.3, -0.25) is 4.68 Å². The fourth-order valence-electron chi connectivity index (χ4n) is 1.83. The van der Waals surface area contributed by atoms with E-state index in [1.807, 2.05) is 38.1 Å². The number of hydrogen-bond donors (Lipinski definition) is 2. The van der Waals surface area contributed by atoms with E-state index in [4.69, 9.17) is 5.73 Å². The quantitative estimate of drug-likeness (QED) is 0.799. The van der Waals surface area contributed by atoms with Crippen LogP contribution >= 0.6 is 0 Å². The van der Waals surface area contributed by atoms with E-state index < -0.39 is 0 Å². The molecule has 0 bridgehead atoms. The number of nitrogen functional groups attached to an aromatic ring is 1. The highest BCUT2D eigenvalue weighted by Gasteiger charge is 2.09. The van der Waals surface area contributed by atoms with E-state index in [0.29, 0.717) is 18.4 Å². The maximum atomic E-state index is 5.73. The van der Waals surface area contributed by atoms with Crippen LogP contribution in [0.25, 0.3) is 0 Å². The highest BCUT2D eigenvalue weighted by atomic mass is 15.3. The average molecular weight is 276 g/mol. The van der Waals surface area contributed by atoms with Gasteiger partial charge in [0, 0.05) is 26.3 Å². The normalized spacial score (nSPS) is 10.6. The highest BCUT2D eigenvalue weighted by Crippen LogP contribution is 2.12. The molecule has 0 aromatic carbocycles. The molecule has 0 spiro atoms. The standard InChI is InChI=1S/C12H20N8/c1-4-20(5-2)12-16-10(13)15-11(17-12)14-8-9-6-7-19(3)18-9/h6-7H,4-5,8H2,1-3H3,(H3,13,14,15,16,17). The molecule has 2 heterocycles. The maximum absolute atomic E-state index is 5.73. The van der Waals surface area contributed by atoms with E-state index >= 15 is 0 Å². The minimum absolute atomic E-state index is 0.213. The summed E-state index contributed by atoms with van der Waals surface area (Å²) in [6, 6.07) is 1.93. The Morgan fingerprint density at radius 3 is 2.60 bits per heavy atom. The Hall–Kier alpha value is -2.38. The van der Waals surface area contributed by atoms with Crippen LogP contribution in [0.5, 0.6) is 0 Å². The van der Waals surface area contributed by atoms with Crippen molar-refractivity contribution in [3.63, 3.8) is 0 Å². The zero-order valence-corrected chi connectivity index (χ0v) is 12.0. The molecule has 0 saturated carbocycles. The molecular formula is C12H20N8. The highest BCUT2D eigenvalue weighted by molar-refractivity contribution is 5.41. The Labute approximate surface area is 118 Å². The predicted octanol–water partition coefficient (Wildman–Crippen LogP) is 0.646. The second-order valence-corrected chi connectivity index (χ2v) is 4.32. The molecule has 0 aliphatic heterocycles. The van der Waals surface area contributed by atoms with Gasteiger partial charge >= 0.3 is 0 Å². The summed E-state index contributed by atoms with van der Waals surface area (Å²) >= 11 is 0. The predicted molar refractivity (Wildman–Crippen MR) is 78.3 cm³/mol. The van der Waals surface area contributed by atoms with Gasteiger partial charge in [0.05, 0.1) is 12.2 Å². The van der Waals surface area contributed by atoms with Crippen LogP contribution in [-0.2, 0) is 13.6 Å². The lowest BCUT2D eigenvalue weighted by molar-refractivity contribution is 0.746. The molecule has 8 nitrogen and oxygen atoms in total. The second-order valence-electron chi connectivity index (χ2n) is 4.32. The van der Waals surface area contributed by atoms with Gasteiger partial charge in [-0.05, 0) is 19.9 Å². The first-order valence-corrected chi connectivity index (χ1v) is 6.61. The lowest BCUT2D eigenvalue weighted by Gasteiger charge is -2.18. The molecule has 2 rings (SSSR count). The van der Waals surface area contributed by atoms with E-state index in [-0.39, 0.29) is 5.95 Å². The summed E-state index contributed by atoms with van der Waals surface area (Å²) in [4.78, 5) is 14.6. The Balaban J connectivity index is 2.11. The third-order valence-electron chi connectivity index (χ3n) is 2.88. The molecule has 0 aliphatic rings. The van der Waals surface area contributed by atoms with Gasteiger partial charge in [0.25, 0.3) is 0 Å². The van der Waals surface area contributed by atoms with Gasteiger partial charge in [0.2, 0.25) is 17.8 Å². The first-order valence-electron chi connectivity index (χ1n) is 6.61. The molecule has 3 N–H and O–H groups in total. The molecule has 2 aromatic rings. The van der Waals surface area contributed by atoms with Gasteiger partial charge in [-0.15, -0.1) is 0 Å². The number of aryl methyl sites for hydroxylation is 1. The topological polar surface area (TPSA) is 97.8 Å². The number of nitrogens with one attached hydrogen (secondary N) is 1. The number of hydrogen-bond acceptors (Lipinski definition) is 7. The van der Waals surface area contributed by atoms with Gasteiger partial charge < -0.3 is 16.0 Å². The number of nitrogens with zero attached hydrogens (tertiary/aromatic N) is 6. The molecule has 0 fully saturated rings. The average Bonchev–Trinajstić information content (AvgIpc) is 2.83. The van der Waals surface area contributed by atoms with Crippen LogP contribution in [0.3, 0.4) is 0 Å². The Morgan fingerprint density at radius 2 is 2.00 bits per heavy atom. The first kappa shape index (κ1) is 14.0. The zero-order valence-electron chi connectivity index (χ0n) is 12.0. The van der Waals surface area contributed by atoms with Crippen LogP contribution in [0, 0.1) is 0 Å². The minimum atomic E-state index is 0.213. The van der Waals surface area contributed by atoms with Crippen LogP contribution in [0.1, 0.15) is 19.5 Å². The van der Waals surface area contributed by atoms with Gasteiger partial charge in [0.1, 0.15) is 0 Å². The van der Waals surface area contributed by atoms with Crippen molar-refractivity contribution in [1.29, 1.82) is 0 Å². The SMILES string of the molecule is CCN(CC)c1nc(N)nc(NCc2ccn(C)n2)n1. The molecule has 8 heteroatoms. The Bertz CT molecular complexity index is 560. The molecule has 0 radical (unpaired) electrons. The van der Waals surface area contributed by atoms with Gasteiger partial charge in [-0.2, -0.15) is 20.1 Å². The summed E-state index contributed by atoms with van der Waals surface area (Å²) < 4.78 is 1.75. The molecule has 0 saturated heterocycles. The summed E-state index contributed by atoms with van der Waals surface area (Å²) in [6.45, 7) is 6.27. The number of anilines is 3. The molecule has 0 unspecified atom stereocenters. The summed E-state index contributed by atoms with van der Waals surface area (Å²) in [5.41, 5.74) is 6.64. The molecule has 0 atom stereocenters. The summed E-state index contributed by atoms with van der Waals surface area (Å²) in [5, 5.41) is 7.39. The molecule has 108 valence electrons. The maximum Gasteiger partial charge on any atom is 0.231 e. The van der Waals surface area contributed by atoms with Gasteiger partial charge in [0.15, 0.2) is 0 Å². The van der Waals surface area contributed by atoms with E-state index in [0.717, 1.165) is 18.8 Å². The fraction of sp³-hybridized carbons (Fsp3) is 0.500. The first-order chi connectivity index (χ1) is 9.62. The van der Waals surface area contributed by atoms with E-state index in [1.165, 1.54) is 0 Å². The zero-order chi connectivity index (χ0) is 14.5. The molecule has 0 aliphatic carbocycles. The lowest BCUT2D eigenvalue weighted by Crippen LogP contribution is -2.25. The summed E-state index contributed by atoms with van der Waals surface area (Å²) in [7, 11) is 1.88. The van der Waals surface area contributed by atoms with Crippen molar-refractivity contribution in [2.75, 3.05) is 29.0 Å². The Kier molecular flexibility index (Phi) is 4.34. The van der Waals surface area contributed by atoms with Crippen LogP contribution < -0.4 is 16.0 Å². The van der Waals surface area contributed by atoms with E-state index in [9.17, 15) is 0 Å². The third-order valence-corrected chi connectivity index (χ3v) is 2.88. The molecule has 20 heavy (non-hydrogen) atoms. The Morgan fingerprint density at radius 1 is 1.25 bits per heavy atom. The van der Waals surface area contributed by atoms with Crippen LogP contribution in [0.15, 0.2) is 12.3 Å². The van der Waals surface area contributed by atoms with E-state index in [1.54, 1.807) is 4.68 Å². The van der Waals surface area contributed by atoms with Crippen molar-refractivity contribution in [1.82, 2.24) is 24.7 Å². The minimum Gasteiger partial charge on any atom is -0.368 e. The summed E-state index contributed by atoms with van der Waals surface area (Å²) in [6.07, 6.45) is 1.89. The smallest absolute Gasteiger partial charge is 0.231 e. The summed E-state index contributed by atoms with van der Waals surface area (Å²) in [5.74, 6) is 1.27. The van der Waals surface area contributed by atoms with Crippen molar-refractivity contribution in [2.45, 2.75) is 20.4 Å².